The number of rotatable bonds is 3. The number of piperidine rings is 1. The summed E-state index contributed by atoms with van der Waals surface area (Å²) in [5, 5.41) is 2.87. The van der Waals surface area contributed by atoms with Crippen LogP contribution in [0.1, 0.15) is 57.0 Å². The third-order valence-electron chi connectivity index (χ3n) is 5.74. The lowest BCUT2D eigenvalue weighted by molar-refractivity contribution is 0.0535. The maximum Gasteiger partial charge on any atom is 0.273 e. The van der Waals surface area contributed by atoms with E-state index in [0.29, 0.717) is 11.6 Å². The molecular formula is C22H21N3OS. The van der Waals surface area contributed by atoms with Gasteiger partial charge in [-0.25, -0.2) is 4.98 Å². The van der Waals surface area contributed by atoms with Crippen LogP contribution >= 0.6 is 11.3 Å². The highest BCUT2D eigenvalue weighted by molar-refractivity contribution is 7.09. The number of hydrogen-bond acceptors (Lipinski definition) is 4. The Morgan fingerprint density at radius 1 is 1.11 bits per heavy atom. The average Bonchev–Trinajstić information content (AvgIpc) is 3.18. The molecule has 3 aromatic rings. The van der Waals surface area contributed by atoms with Gasteiger partial charge in [0.25, 0.3) is 5.91 Å². The van der Waals surface area contributed by atoms with E-state index in [4.69, 9.17) is 5.73 Å². The van der Waals surface area contributed by atoms with E-state index in [1.807, 2.05) is 34.5 Å². The number of carbonyl (C=O) groups excluding carboxylic acids is 1. The molecule has 3 aliphatic rings. The summed E-state index contributed by atoms with van der Waals surface area (Å²) in [6, 6.07) is 16.6. The van der Waals surface area contributed by atoms with Gasteiger partial charge < -0.3 is 10.6 Å². The van der Waals surface area contributed by atoms with Crippen molar-refractivity contribution in [3.63, 3.8) is 0 Å². The fourth-order valence-electron chi connectivity index (χ4n) is 4.41. The smallest absolute Gasteiger partial charge is 0.273 e. The molecule has 6 rings (SSSR count). The maximum atomic E-state index is 13.2. The van der Waals surface area contributed by atoms with Gasteiger partial charge in [-0.05, 0) is 41.7 Å². The molecule has 2 atom stereocenters. The number of thiazole rings is 1. The van der Waals surface area contributed by atoms with Gasteiger partial charge in [-0.15, -0.1) is 11.3 Å². The second-order valence-electron chi connectivity index (χ2n) is 7.42. The number of fused-ring (bicyclic) bond motifs is 2. The number of amides is 1. The third-order valence-corrected chi connectivity index (χ3v) is 6.59. The maximum absolute atomic E-state index is 13.2. The first-order valence-electron chi connectivity index (χ1n) is 9.37. The van der Waals surface area contributed by atoms with E-state index in [2.05, 4.69) is 29.2 Å². The molecule has 4 nitrogen and oxygen atoms in total. The van der Waals surface area contributed by atoms with Gasteiger partial charge in [0.2, 0.25) is 0 Å². The number of benzene rings is 2. The number of nitrogens with zero attached hydrogens (tertiary/aromatic N) is 2. The molecule has 5 heteroatoms. The van der Waals surface area contributed by atoms with Crippen LogP contribution in [0, 0.1) is 0 Å². The molecule has 1 aromatic heterocycles. The van der Waals surface area contributed by atoms with Crippen molar-refractivity contribution in [2.24, 2.45) is 0 Å². The molecule has 1 fully saturated rings. The Morgan fingerprint density at radius 3 is 2.70 bits per heavy atom. The van der Waals surface area contributed by atoms with Gasteiger partial charge in [-0.2, -0.15) is 0 Å². The fraction of sp³-hybridized carbons (Fsp3) is 0.273. The highest BCUT2D eigenvalue weighted by Crippen LogP contribution is 2.46. The van der Waals surface area contributed by atoms with Crippen LogP contribution in [0.4, 0.5) is 5.69 Å². The Morgan fingerprint density at radius 2 is 1.89 bits per heavy atom. The van der Waals surface area contributed by atoms with Crippen molar-refractivity contribution in [3.8, 4) is 0 Å². The minimum absolute atomic E-state index is 0.0685. The summed E-state index contributed by atoms with van der Waals surface area (Å²) < 4.78 is 0. The zero-order valence-electron chi connectivity index (χ0n) is 15.0. The lowest BCUT2D eigenvalue weighted by Gasteiger charge is -2.46. The normalized spacial score (nSPS) is 20.5. The summed E-state index contributed by atoms with van der Waals surface area (Å²) in [5.74, 6) is 0.530. The molecule has 2 aromatic carbocycles. The largest absolute Gasteiger partial charge is 0.399 e. The van der Waals surface area contributed by atoms with Gasteiger partial charge in [0.15, 0.2) is 0 Å². The van der Waals surface area contributed by atoms with Crippen LogP contribution in [0.5, 0.6) is 0 Å². The van der Waals surface area contributed by atoms with E-state index in [-0.39, 0.29) is 11.9 Å². The van der Waals surface area contributed by atoms with Gasteiger partial charge in [0, 0.05) is 30.0 Å². The Kier molecular flexibility index (Phi) is 3.97. The van der Waals surface area contributed by atoms with Crippen molar-refractivity contribution in [2.75, 3.05) is 12.3 Å². The van der Waals surface area contributed by atoms with Crippen LogP contribution in [0.2, 0.25) is 0 Å². The molecule has 2 aliphatic heterocycles. The highest BCUT2D eigenvalue weighted by atomic mass is 32.1. The van der Waals surface area contributed by atoms with E-state index in [9.17, 15) is 4.79 Å². The van der Waals surface area contributed by atoms with Crippen molar-refractivity contribution < 1.29 is 4.79 Å². The molecule has 0 spiro atoms. The zero-order chi connectivity index (χ0) is 18.4. The molecule has 0 saturated carbocycles. The Labute approximate surface area is 162 Å². The SMILES string of the molecule is Nc1ccc(Cc2nc(C(=O)N3C[C@@H]4CC[C@H]3c3ccccc34)cs2)cc1. The first-order chi connectivity index (χ1) is 13.2. The summed E-state index contributed by atoms with van der Waals surface area (Å²) >= 11 is 1.56. The summed E-state index contributed by atoms with van der Waals surface area (Å²) in [5.41, 5.74) is 11.0. The topological polar surface area (TPSA) is 59.2 Å². The first kappa shape index (κ1) is 16.5. The molecule has 1 saturated heterocycles. The molecule has 136 valence electrons. The predicted octanol–water partition coefficient (Wildman–Crippen LogP) is 4.39. The number of aromatic nitrogens is 1. The lowest BCUT2D eigenvalue weighted by atomic mass is 9.75. The Balaban J connectivity index is 1.36. The number of hydrogen-bond donors (Lipinski definition) is 1. The second kappa shape index (κ2) is 6.50. The summed E-state index contributed by atoms with van der Waals surface area (Å²) in [6.07, 6.45) is 2.95. The lowest BCUT2D eigenvalue weighted by Crippen LogP contribution is -2.45. The number of nitrogen functional groups attached to an aromatic ring is 1. The summed E-state index contributed by atoms with van der Waals surface area (Å²) in [6.45, 7) is 0.811. The van der Waals surface area contributed by atoms with Crippen LogP contribution in [0.3, 0.4) is 0 Å². The molecule has 2 N–H and O–H groups in total. The van der Waals surface area contributed by atoms with E-state index in [1.54, 1.807) is 11.3 Å². The van der Waals surface area contributed by atoms with E-state index in [1.165, 1.54) is 17.5 Å². The molecule has 1 amide bonds. The zero-order valence-corrected chi connectivity index (χ0v) is 15.8. The third kappa shape index (κ3) is 2.92. The average molecular weight is 375 g/mol. The van der Waals surface area contributed by atoms with Crippen LogP contribution in [0.25, 0.3) is 0 Å². The quantitative estimate of drug-likeness (QED) is 0.691. The minimum Gasteiger partial charge on any atom is -0.399 e. The van der Waals surface area contributed by atoms with E-state index in [0.717, 1.165) is 35.6 Å². The van der Waals surface area contributed by atoms with Crippen LogP contribution in [-0.2, 0) is 6.42 Å². The van der Waals surface area contributed by atoms with Crippen LogP contribution in [-0.4, -0.2) is 22.3 Å². The molecular weight excluding hydrogens is 354 g/mol. The summed E-state index contributed by atoms with van der Waals surface area (Å²) in [7, 11) is 0. The van der Waals surface area contributed by atoms with Crippen molar-refractivity contribution in [1.29, 1.82) is 0 Å². The first-order valence-corrected chi connectivity index (χ1v) is 10.3. The van der Waals surface area contributed by atoms with Crippen LogP contribution in [0.15, 0.2) is 53.9 Å². The molecule has 27 heavy (non-hydrogen) atoms. The predicted molar refractivity (Wildman–Crippen MR) is 108 cm³/mol. The Hall–Kier alpha value is -2.66. The van der Waals surface area contributed by atoms with Gasteiger partial charge in [-0.1, -0.05) is 36.4 Å². The minimum atomic E-state index is 0.0685. The van der Waals surface area contributed by atoms with Gasteiger partial charge in [0.05, 0.1) is 11.0 Å². The second-order valence-corrected chi connectivity index (χ2v) is 8.36. The van der Waals surface area contributed by atoms with E-state index < -0.39 is 0 Å². The van der Waals surface area contributed by atoms with Gasteiger partial charge >= 0.3 is 0 Å². The highest BCUT2D eigenvalue weighted by Gasteiger charge is 2.40. The molecule has 2 bridgehead atoms. The van der Waals surface area contributed by atoms with Crippen LogP contribution < -0.4 is 5.73 Å². The van der Waals surface area contributed by atoms with Gasteiger partial charge in [0.1, 0.15) is 5.69 Å². The Bertz CT molecular complexity index is 995. The number of nitrogens with two attached hydrogens (primary N) is 1. The number of carbonyl (C=O) groups is 1. The van der Waals surface area contributed by atoms with E-state index >= 15 is 0 Å². The molecule has 3 heterocycles. The summed E-state index contributed by atoms with van der Waals surface area (Å²) in [4.78, 5) is 19.8. The van der Waals surface area contributed by atoms with Crippen molar-refractivity contribution in [3.05, 3.63) is 81.3 Å². The van der Waals surface area contributed by atoms with Crippen molar-refractivity contribution >= 4 is 22.9 Å². The van der Waals surface area contributed by atoms with Crippen molar-refractivity contribution in [1.82, 2.24) is 9.88 Å². The molecule has 0 unspecified atom stereocenters. The monoisotopic (exact) mass is 375 g/mol. The molecule has 1 aliphatic carbocycles. The standard InChI is InChI=1S/C22H21N3OS/c23-16-8-5-14(6-9-16)11-21-24-19(13-27-21)22(26)25-12-15-7-10-20(25)18-4-2-1-3-17(15)18/h1-6,8-9,13,15,20H,7,10-12,23H2/t15-,20-/m0/s1. The molecule has 0 radical (unpaired) electrons. The number of anilines is 1. The fourth-order valence-corrected chi connectivity index (χ4v) is 5.21. The van der Waals surface area contributed by atoms with Crippen molar-refractivity contribution in [2.45, 2.75) is 31.2 Å². The van der Waals surface area contributed by atoms with Gasteiger partial charge in [-0.3, -0.25) is 4.79 Å².